The maximum Gasteiger partial charge on any atom is 0.267 e. The van der Waals surface area contributed by atoms with Crippen LogP contribution >= 0.6 is 11.3 Å². The van der Waals surface area contributed by atoms with Gasteiger partial charge in [0, 0.05) is 5.56 Å². The Balaban J connectivity index is 2.24. The molecule has 0 amide bonds. The van der Waals surface area contributed by atoms with E-state index >= 15 is 0 Å². The van der Waals surface area contributed by atoms with Crippen molar-refractivity contribution in [1.82, 2.24) is 14.6 Å². The van der Waals surface area contributed by atoms with Crippen molar-refractivity contribution < 1.29 is 8.42 Å². The van der Waals surface area contributed by atoms with Gasteiger partial charge in [-0.2, -0.15) is 0 Å². The molecule has 0 aliphatic carbocycles. The normalized spacial score (nSPS) is 12.2. The maximum absolute atomic E-state index is 11.3. The molecule has 3 aromatic rings. The molecule has 0 spiro atoms. The quantitative estimate of drug-likeness (QED) is 0.780. The van der Waals surface area contributed by atoms with Crippen LogP contribution in [0.5, 0.6) is 0 Å². The van der Waals surface area contributed by atoms with E-state index in [1.54, 1.807) is 6.20 Å². The molecule has 0 aliphatic heterocycles. The molecule has 1 aromatic carbocycles. The predicted molar refractivity (Wildman–Crippen MR) is 77.1 cm³/mol. The smallest absolute Gasteiger partial charge is 0.225 e. The van der Waals surface area contributed by atoms with Gasteiger partial charge in [0.1, 0.15) is 0 Å². The van der Waals surface area contributed by atoms with Crippen LogP contribution in [-0.4, -0.2) is 23.0 Å². The van der Waals surface area contributed by atoms with Crippen LogP contribution in [0, 0.1) is 13.8 Å². The molecule has 0 aliphatic rings. The predicted octanol–water partition coefficient (Wildman–Crippen LogP) is 1.72. The number of imidazole rings is 1. The topological polar surface area (TPSA) is 90.3 Å². The van der Waals surface area contributed by atoms with E-state index in [0.717, 1.165) is 33.7 Å². The van der Waals surface area contributed by atoms with E-state index < -0.39 is 10.0 Å². The number of primary sulfonamides is 1. The number of aromatic nitrogens is 3. The van der Waals surface area contributed by atoms with Crippen molar-refractivity contribution in [3.8, 4) is 11.3 Å². The van der Waals surface area contributed by atoms with Gasteiger partial charge in [0.05, 0.1) is 11.9 Å². The summed E-state index contributed by atoms with van der Waals surface area (Å²) < 4.78 is 24.1. The zero-order chi connectivity index (χ0) is 14.5. The zero-order valence-corrected chi connectivity index (χ0v) is 12.5. The van der Waals surface area contributed by atoms with Gasteiger partial charge in [-0.15, -0.1) is 5.10 Å². The summed E-state index contributed by atoms with van der Waals surface area (Å²) in [6, 6.07) is 6.03. The van der Waals surface area contributed by atoms with Crippen molar-refractivity contribution in [1.29, 1.82) is 0 Å². The van der Waals surface area contributed by atoms with E-state index in [2.05, 4.69) is 16.1 Å². The van der Waals surface area contributed by atoms with Crippen LogP contribution in [-0.2, 0) is 10.0 Å². The summed E-state index contributed by atoms with van der Waals surface area (Å²) in [4.78, 5) is 4.70. The molecule has 3 rings (SSSR count). The van der Waals surface area contributed by atoms with E-state index in [0.29, 0.717) is 4.96 Å². The van der Waals surface area contributed by atoms with E-state index in [9.17, 15) is 8.42 Å². The van der Waals surface area contributed by atoms with Gasteiger partial charge in [-0.05, 0) is 19.4 Å². The van der Waals surface area contributed by atoms with Crippen molar-refractivity contribution in [2.75, 3.05) is 0 Å². The van der Waals surface area contributed by atoms with Crippen LogP contribution in [0.15, 0.2) is 28.7 Å². The molecule has 0 atom stereocenters. The molecule has 2 heterocycles. The number of hydrogen-bond acceptors (Lipinski definition) is 5. The highest BCUT2D eigenvalue weighted by molar-refractivity contribution is 7.91. The number of fused-ring (bicyclic) bond motifs is 1. The lowest BCUT2D eigenvalue weighted by atomic mass is 10.0. The summed E-state index contributed by atoms with van der Waals surface area (Å²) in [5, 5.41) is 9.14. The van der Waals surface area contributed by atoms with Crippen molar-refractivity contribution in [3.63, 3.8) is 0 Å². The summed E-state index contributed by atoms with van der Waals surface area (Å²) in [6.45, 7) is 4.01. The Bertz CT molecular complexity index is 909. The lowest BCUT2D eigenvalue weighted by molar-refractivity contribution is 0.595. The van der Waals surface area contributed by atoms with Crippen LogP contribution in [0.1, 0.15) is 11.1 Å². The lowest BCUT2D eigenvalue weighted by Gasteiger charge is -2.04. The Morgan fingerprint density at radius 3 is 2.70 bits per heavy atom. The van der Waals surface area contributed by atoms with Crippen LogP contribution in [0.4, 0.5) is 0 Å². The molecule has 0 fully saturated rings. The number of sulfonamides is 1. The maximum atomic E-state index is 11.3. The molecule has 2 N–H and O–H groups in total. The van der Waals surface area contributed by atoms with E-state index in [1.165, 1.54) is 4.52 Å². The van der Waals surface area contributed by atoms with Gasteiger partial charge in [0.25, 0.3) is 10.0 Å². The molecule has 0 bridgehead atoms. The van der Waals surface area contributed by atoms with Crippen LogP contribution in [0.3, 0.4) is 0 Å². The third-order valence-electron chi connectivity index (χ3n) is 2.97. The molecule has 2 aromatic heterocycles. The fourth-order valence-corrected chi connectivity index (χ4v) is 3.57. The average Bonchev–Trinajstić information content (AvgIpc) is 2.88. The van der Waals surface area contributed by atoms with Gasteiger partial charge in [0.15, 0.2) is 0 Å². The molecule has 0 saturated carbocycles. The molecule has 0 saturated heterocycles. The first-order chi connectivity index (χ1) is 9.36. The number of rotatable bonds is 2. The van der Waals surface area contributed by atoms with Crippen molar-refractivity contribution in [2.24, 2.45) is 5.14 Å². The highest BCUT2D eigenvalue weighted by Crippen LogP contribution is 2.27. The average molecular weight is 308 g/mol. The fraction of sp³-hybridized carbons (Fsp3) is 0.167. The molecule has 8 heteroatoms. The van der Waals surface area contributed by atoms with Crippen molar-refractivity contribution in [3.05, 3.63) is 35.5 Å². The van der Waals surface area contributed by atoms with Crippen LogP contribution in [0.2, 0.25) is 0 Å². The lowest BCUT2D eigenvalue weighted by Crippen LogP contribution is -2.12. The Labute approximate surface area is 119 Å². The Morgan fingerprint density at radius 2 is 2.05 bits per heavy atom. The summed E-state index contributed by atoms with van der Waals surface area (Å²) in [5.41, 5.74) is 3.96. The van der Waals surface area contributed by atoms with E-state index in [-0.39, 0.29) is 4.34 Å². The minimum atomic E-state index is -3.80. The number of nitrogens with zero attached hydrogens (tertiary/aromatic N) is 3. The SMILES string of the molecule is Cc1ccc(-c2cnc3sc(S(N)(=O)=O)nn23)c(C)c1. The summed E-state index contributed by atoms with van der Waals surface area (Å²) in [5.74, 6) is 0. The van der Waals surface area contributed by atoms with Gasteiger partial charge in [-0.3, -0.25) is 0 Å². The summed E-state index contributed by atoms with van der Waals surface area (Å²) in [7, 11) is -3.80. The van der Waals surface area contributed by atoms with Crippen LogP contribution in [0.25, 0.3) is 16.2 Å². The molecular weight excluding hydrogens is 296 g/mol. The first-order valence-corrected chi connectivity index (χ1v) is 8.17. The van der Waals surface area contributed by atoms with Crippen LogP contribution < -0.4 is 5.14 Å². The second-order valence-electron chi connectivity index (χ2n) is 4.57. The minimum Gasteiger partial charge on any atom is -0.225 e. The molecule has 104 valence electrons. The van der Waals surface area contributed by atoms with Crippen molar-refractivity contribution in [2.45, 2.75) is 18.2 Å². The largest absolute Gasteiger partial charge is 0.267 e. The highest BCUT2D eigenvalue weighted by atomic mass is 32.2. The van der Waals surface area contributed by atoms with Gasteiger partial charge in [0.2, 0.25) is 9.30 Å². The second kappa shape index (κ2) is 4.37. The number of aryl methyl sites for hydroxylation is 2. The zero-order valence-electron chi connectivity index (χ0n) is 10.9. The second-order valence-corrected chi connectivity index (χ2v) is 7.26. The Kier molecular flexibility index (Phi) is 2.89. The van der Waals surface area contributed by atoms with Gasteiger partial charge in [-0.25, -0.2) is 23.1 Å². The third kappa shape index (κ3) is 2.11. The molecule has 0 unspecified atom stereocenters. The standard InChI is InChI=1S/C12H12N4O2S2/c1-7-3-4-9(8(2)5-7)10-6-14-11-16(10)15-12(19-11)20(13,17)18/h3-6H,1-2H3,(H2,13,17,18). The first-order valence-electron chi connectivity index (χ1n) is 5.81. The Hall–Kier alpha value is -1.77. The minimum absolute atomic E-state index is 0.133. The van der Waals surface area contributed by atoms with Gasteiger partial charge >= 0.3 is 0 Å². The van der Waals surface area contributed by atoms with Gasteiger partial charge in [-0.1, -0.05) is 35.1 Å². The first kappa shape index (κ1) is 13.2. The third-order valence-corrected chi connectivity index (χ3v) is 5.20. The van der Waals surface area contributed by atoms with Crippen molar-refractivity contribution >= 4 is 26.3 Å². The molecule has 6 nitrogen and oxygen atoms in total. The highest BCUT2D eigenvalue weighted by Gasteiger charge is 2.18. The monoisotopic (exact) mass is 308 g/mol. The van der Waals surface area contributed by atoms with Gasteiger partial charge < -0.3 is 0 Å². The summed E-state index contributed by atoms with van der Waals surface area (Å²) >= 11 is 0.956. The summed E-state index contributed by atoms with van der Waals surface area (Å²) in [6.07, 6.45) is 1.68. The number of benzene rings is 1. The molecule has 0 radical (unpaired) electrons. The molecule has 20 heavy (non-hydrogen) atoms. The Morgan fingerprint density at radius 1 is 1.30 bits per heavy atom. The number of hydrogen-bond donors (Lipinski definition) is 1. The molecular formula is C12H12N4O2S2. The van der Waals surface area contributed by atoms with E-state index in [1.807, 2.05) is 26.0 Å². The fourth-order valence-electron chi connectivity index (χ4n) is 2.07. The van der Waals surface area contributed by atoms with E-state index in [4.69, 9.17) is 5.14 Å². The number of nitrogens with two attached hydrogens (primary N) is 1.